The van der Waals surface area contributed by atoms with Gasteiger partial charge in [0, 0.05) is 31.5 Å². The van der Waals surface area contributed by atoms with Crippen molar-refractivity contribution >= 4 is 34.7 Å². The first-order chi connectivity index (χ1) is 15.6. The van der Waals surface area contributed by atoms with Crippen molar-refractivity contribution in [1.82, 2.24) is 4.90 Å². The summed E-state index contributed by atoms with van der Waals surface area (Å²) in [5.74, 6) is -0.309. The average Bonchev–Trinajstić information content (AvgIpc) is 2.85. The fourth-order valence-electron chi connectivity index (χ4n) is 4.00. The molecule has 3 aromatic carbocycles. The number of para-hydroxylation sites is 4. The van der Waals surface area contributed by atoms with Gasteiger partial charge in [0.05, 0.1) is 17.3 Å². The van der Waals surface area contributed by atoms with Crippen LogP contribution in [0.3, 0.4) is 0 Å². The van der Waals surface area contributed by atoms with Crippen LogP contribution in [-0.4, -0.2) is 37.0 Å². The lowest BCUT2D eigenvalue weighted by atomic mass is 9.97. The second-order valence-corrected chi connectivity index (χ2v) is 7.98. The Hall–Kier alpha value is -3.80. The highest BCUT2D eigenvalue weighted by Gasteiger charge is 2.29. The summed E-state index contributed by atoms with van der Waals surface area (Å²) in [5.41, 5.74) is 3.47. The molecule has 6 nitrogen and oxygen atoms in total. The zero-order valence-corrected chi connectivity index (χ0v) is 18.2. The summed E-state index contributed by atoms with van der Waals surface area (Å²) in [5, 5.41) is 6.01. The Morgan fingerprint density at radius 3 is 2.28 bits per heavy atom. The van der Waals surface area contributed by atoms with Gasteiger partial charge in [0.15, 0.2) is 0 Å². The summed E-state index contributed by atoms with van der Waals surface area (Å²) in [6, 6.07) is 27.0. The molecule has 1 atom stereocenters. The Kier molecular flexibility index (Phi) is 6.70. The van der Waals surface area contributed by atoms with Gasteiger partial charge in [-0.3, -0.25) is 4.79 Å². The number of urea groups is 1. The van der Waals surface area contributed by atoms with Gasteiger partial charge in [-0.2, -0.15) is 0 Å². The molecule has 1 heterocycles. The first-order valence-electron chi connectivity index (χ1n) is 10.9. The molecule has 4 rings (SSSR count). The van der Waals surface area contributed by atoms with Crippen LogP contribution in [-0.2, 0) is 4.79 Å². The lowest BCUT2D eigenvalue weighted by molar-refractivity contribution is -0.121. The van der Waals surface area contributed by atoms with E-state index in [1.165, 1.54) is 0 Å². The maximum atomic E-state index is 13.1. The number of hydrogen-bond donors (Lipinski definition) is 2. The zero-order valence-electron chi connectivity index (χ0n) is 18.2. The van der Waals surface area contributed by atoms with Crippen LogP contribution in [0.5, 0.6) is 0 Å². The van der Waals surface area contributed by atoms with E-state index in [9.17, 15) is 9.59 Å². The number of carbonyl (C=O) groups is 2. The third-order valence-electron chi connectivity index (χ3n) is 5.77. The van der Waals surface area contributed by atoms with Crippen molar-refractivity contribution < 1.29 is 9.59 Å². The highest BCUT2D eigenvalue weighted by Crippen LogP contribution is 2.31. The van der Waals surface area contributed by atoms with Gasteiger partial charge in [-0.25, -0.2) is 4.79 Å². The summed E-state index contributed by atoms with van der Waals surface area (Å²) in [6.07, 6.45) is 1.56. The normalized spacial score (nSPS) is 15.7. The molecule has 0 saturated carbocycles. The van der Waals surface area contributed by atoms with Crippen LogP contribution >= 0.6 is 0 Å². The van der Waals surface area contributed by atoms with Crippen LogP contribution in [0.25, 0.3) is 0 Å². The molecule has 3 aromatic rings. The van der Waals surface area contributed by atoms with Gasteiger partial charge in [0.1, 0.15) is 0 Å². The van der Waals surface area contributed by atoms with Crippen molar-refractivity contribution in [2.75, 3.05) is 35.7 Å². The molecule has 1 aliphatic heterocycles. The summed E-state index contributed by atoms with van der Waals surface area (Å²) in [7, 11) is 1.98. The van der Waals surface area contributed by atoms with Gasteiger partial charge in [0.2, 0.25) is 5.91 Å². The fourth-order valence-corrected chi connectivity index (χ4v) is 4.00. The van der Waals surface area contributed by atoms with E-state index in [1.807, 2.05) is 92.0 Å². The Labute approximate surface area is 188 Å². The SMILES string of the molecule is CN(c1ccccc1)c1ccccc1NC(=O)C1CCCN(C(=O)Nc2ccccc2)C1. The number of rotatable bonds is 5. The van der Waals surface area contributed by atoms with Crippen molar-refractivity contribution in [3.8, 4) is 0 Å². The molecule has 0 radical (unpaired) electrons. The molecule has 1 aliphatic rings. The molecule has 32 heavy (non-hydrogen) atoms. The maximum Gasteiger partial charge on any atom is 0.321 e. The largest absolute Gasteiger partial charge is 0.343 e. The molecule has 1 saturated heterocycles. The smallest absolute Gasteiger partial charge is 0.321 e. The van der Waals surface area contributed by atoms with E-state index >= 15 is 0 Å². The first kappa shape index (κ1) is 21.4. The van der Waals surface area contributed by atoms with E-state index in [0.29, 0.717) is 13.1 Å². The van der Waals surface area contributed by atoms with E-state index in [4.69, 9.17) is 0 Å². The molecule has 0 bridgehead atoms. The summed E-state index contributed by atoms with van der Waals surface area (Å²) in [6.45, 7) is 1.05. The van der Waals surface area contributed by atoms with Gasteiger partial charge in [-0.1, -0.05) is 48.5 Å². The van der Waals surface area contributed by atoms with E-state index in [2.05, 4.69) is 15.5 Å². The van der Waals surface area contributed by atoms with Crippen LogP contribution in [0.2, 0.25) is 0 Å². The van der Waals surface area contributed by atoms with Crippen molar-refractivity contribution in [2.24, 2.45) is 5.92 Å². The molecule has 3 amide bonds. The minimum absolute atomic E-state index is 0.0591. The third-order valence-corrected chi connectivity index (χ3v) is 5.77. The standard InChI is InChI=1S/C26H28N4O2/c1-29(22-14-6-3-7-15-22)24-17-9-8-16-23(24)28-25(31)20-11-10-18-30(19-20)26(32)27-21-12-4-2-5-13-21/h2-9,12-17,20H,10-11,18-19H2,1H3,(H,27,32)(H,28,31). The van der Waals surface area contributed by atoms with E-state index in [-0.39, 0.29) is 17.9 Å². The second-order valence-electron chi connectivity index (χ2n) is 7.98. The predicted octanol–water partition coefficient (Wildman–Crippen LogP) is 5.34. The maximum absolute atomic E-state index is 13.1. The molecule has 0 spiro atoms. The Bertz CT molecular complexity index is 1060. The van der Waals surface area contributed by atoms with Gasteiger partial charge >= 0.3 is 6.03 Å². The molecule has 2 N–H and O–H groups in total. The Morgan fingerprint density at radius 2 is 1.53 bits per heavy atom. The van der Waals surface area contributed by atoms with Crippen molar-refractivity contribution in [2.45, 2.75) is 12.8 Å². The summed E-state index contributed by atoms with van der Waals surface area (Å²) >= 11 is 0. The number of nitrogens with zero attached hydrogens (tertiary/aromatic N) is 2. The number of amides is 3. The van der Waals surface area contributed by atoms with E-state index < -0.39 is 0 Å². The molecule has 0 aromatic heterocycles. The summed E-state index contributed by atoms with van der Waals surface area (Å²) < 4.78 is 0. The van der Waals surface area contributed by atoms with Gasteiger partial charge < -0.3 is 20.4 Å². The number of piperidine rings is 1. The fraction of sp³-hybridized carbons (Fsp3) is 0.231. The van der Waals surface area contributed by atoms with Crippen molar-refractivity contribution in [3.05, 3.63) is 84.9 Å². The molecule has 0 aliphatic carbocycles. The van der Waals surface area contributed by atoms with Gasteiger partial charge in [0.25, 0.3) is 0 Å². The molecular formula is C26H28N4O2. The van der Waals surface area contributed by atoms with Crippen molar-refractivity contribution in [3.63, 3.8) is 0 Å². The molecule has 1 unspecified atom stereocenters. The Morgan fingerprint density at radius 1 is 0.875 bits per heavy atom. The van der Waals surface area contributed by atoms with E-state index in [1.54, 1.807) is 4.90 Å². The third kappa shape index (κ3) is 5.09. The number of likely N-dealkylation sites (tertiary alicyclic amines) is 1. The first-order valence-corrected chi connectivity index (χ1v) is 10.9. The van der Waals surface area contributed by atoms with Crippen LogP contribution in [0.15, 0.2) is 84.9 Å². The van der Waals surface area contributed by atoms with Gasteiger partial charge in [-0.05, 0) is 49.2 Å². The van der Waals surface area contributed by atoms with Crippen LogP contribution in [0, 0.1) is 5.92 Å². The van der Waals surface area contributed by atoms with Gasteiger partial charge in [-0.15, -0.1) is 0 Å². The second kappa shape index (κ2) is 10.0. The number of benzene rings is 3. The quantitative estimate of drug-likeness (QED) is 0.577. The van der Waals surface area contributed by atoms with Crippen LogP contribution < -0.4 is 15.5 Å². The number of carbonyl (C=O) groups excluding carboxylic acids is 2. The Balaban J connectivity index is 1.42. The molecular weight excluding hydrogens is 400 g/mol. The average molecular weight is 429 g/mol. The minimum atomic E-state index is -0.250. The monoisotopic (exact) mass is 428 g/mol. The lowest BCUT2D eigenvalue weighted by Gasteiger charge is -2.32. The lowest BCUT2D eigenvalue weighted by Crippen LogP contribution is -2.45. The number of anilines is 4. The number of hydrogen-bond acceptors (Lipinski definition) is 3. The predicted molar refractivity (Wildman–Crippen MR) is 129 cm³/mol. The van der Waals surface area contributed by atoms with Crippen LogP contribution in [0.4, 0.5) is 27.5 Å². The topological polar surface area (TPSA) is 64.7 Å². The highest BCUT2D eigenvalue weighted by atomic mass is 16.2. The highest BCUT2D eigenvalue weighted by molar-refractivity contribution is 5.97. The van der Waals surface area contributed by atoms with E-state index in [0.717, 1.165) is 35.6 Å². The number of nitrogens with one attached hydrogen (secondary N) is 2. The van der Waals surface area contributed by atoms with Crippen LogP contribution in [0.1, 0.15) is 12.8 Å². The molecule has 164 valence electrons. The molecule has 1 fully saturated rings. The summed E-state index contributed by atoms with van der Waals surface area (Å²) in [4.78, 5) is 29.6. The van der Waals surface area contributed by atoms with Crippen molar-refractivity contribution in [1.29, 1.82) is 0 Å². The molecule has 6 heteroatoms. The zero-order chi connectivity index (χ0) is 22.3. The minimum Gasteiger partial charge on any atom is -0.343 e.